The number of hydrogen-bond acceptors (Lipinski definition) is 7. The smallest absolute Gasteiger partial charge is 0.534 e. The second kappa shape index (κ2) is 6.65. The van der Waals surface area contributed by atoms with Gasteiger partial charge in [-0.2, -0.15) is 13.2 Å². The Bertz CT molecular complexity index is 905. The van der Waals surface area contributed by atoms with E-state index in [1.807, 2.05) is 0 Å². The number of benzene rings is 1. The quantitative estimate of drug-likeness (QED) is 0.646. The molecule has 0 spiro atoms. The summed E-state index contributed by atoms with van der Waals surface area (Å²) in [5.74, 6) is 0.129. The zero-order valence-electron chi connectivity index (χ0n) is 14.4. The molecule has 0 radical (unpaired) electrons. The van der Waals surface area contributed by atoms with E-state index in [4.69, 9.17) is 9.31 Å². The number of halogens is 3. The molecule has 2 heterocycles. The monoisotopic (exact) mass is 378 g/mol. The van der Waals surface area contributed by atoms with Crippen molar-refractivity contribution in [2.24, 2.45) is 5.18 Å². The van der Waals surface area contributed by atoms with Crippen LogP contribution in [0, 0.1) is 4.91 Å². The molecule has 7 nitrogen and oxygen atoms in total. The second-order valence-electron chi connectivity index (χ2n) is 6.29. The Morgan fingerprint density at radius 3 is 2.63 bits per heavy atom. The molecular weight excluding hydrogens is 364 g/mol. The van der Waals surface area contributed by atoms with Crippen molar-refractivity contribution in [2.45, 2.75) is 25.6 Å². The molecule has 1 fully saturated rings. The van der Waals surface area contributed by atoms with Gasteiger partial charge in [-0.05, 0) is 43.3 Å². The van der Waals surface area contributed by atoms with Crippen molar-refractivity contribution >= 4 is 29.9 Å². The Hall–Kier alpha value is -2.95. The highest BCUT2D eigenvalue weighted by atomic mass is 19.4. The molecule has 1 aromatic carbocycles. The molecule has 0 bridgehead atoms. The Morgan fingerprint density at radius 1 is 1.30 bits per heavy atom. The van der Waals surface area contributed by atoms with Crippen molar-refractivity contribution in [1.82, 2.24) is 9.97 Å². The molecule has 0 aliphatic carbocycles. The van der Waals surface area contributed by atoms with Gasteiger partial charge in [0, 0.05) is 17.3 Å². The Kier molecular flexibility index (Phi) is 4.64. The van der Waals surface area contributed by atoms with Gasteiger partial charge in [-0.1, -0.05) is 6.58 Å². The average molecular weight is 378 g/mol. The molecule has 0 unspecified atom stereocenters. The number of nitrogens with one attached hydrogen (secondary N) is 1. The zero-order chi connectivity index (χ0) is 19.8. The highest BCUT2D eigenvalue weighted by Gasteiger charge is 2.43. The van der Waals surface area contributed by atoms with Crippen molar-refractivity contribution in [3.63, 3.8) is 0 Å². The molecule has 1 aromatic heterocycles. The molecule has 0 amide bonds. The number of nitrogens with zero attached hydrogens (tertiary/aromatic N) is 3. The molecule has 140 valence electrons. The summed E-state index contributed by atoms with van der Waals surface area (Å²) in [7, 11) is -0.836. The minimum absolute atomic E-state index is 0.0319. The van der Waals surface area contributed by atoms with E-state index in [1.54, 1.807) is 13.8 Å². The van der Waals surface area contributed by atoms with Crippen LogP contribution in [0.15, 0.2) is 48.0 Å². The molecule has 27 heavy (non-hydrogen) atoms. The maximum atomic E-state index is 12.8. The third kappa shape index (κ3) is 4.08. The van der Waals surface area contributed by atoms with Crippen LogP contribution in [0.2, 0.25) is 0 Å². The number of nitroso groups, excluding NO2 is 1. The average Bonchev–Trinajstić information content (AvgIpc) is 2.87. The lowest BCUT2D eigenvalue weighted by atomic mass is 9.78. The molecule has 0 saturated carbocycles. The third-order valence-corrected chi connectivity index (χ3v) is 3.84. The van der Waals surface area contributed by atoms with Crippen molar-refractivity contribution < 1.29 is 22.5 Å². The predicted octanol–water partition coefficient (Wildman–Crippen LogP) is 3.67. The van der Waals surface area contributed by atoms with Gasteiger partial charge in [-0.3, -0.25) is 0 Å². The van der Waals surface area contributed by atoms with E-state index in [0.717, 1.165) is 12.3 Å². The van der Waals surface area contributed by atoms with Gasteiger partial charge < -0.3 is 14.6 Å². The summed E-state index contributed by atoms with van der Waals surface area (Å²) < 4.78 is 49.7. The van der Waals surface area contributed by atoms with Gasteiger partial charge in [-0.15, -0.1) is 4.91 Å². The molecule has 3 rings (SSSR count). The zero-order valence-corrected chi connectivity index (χ0v) is 14.4. The molecule has 0 atom stereocenters. The normalized spacial score (nSPS) is 16.2. The maximum Gasteiger partial charge on any atom is 0.563 e. The number of hydrogen-bond donors (Lipinski definition) is 1. The van der Waals surface area contributed by atoms with Crippen molar-refractivity contribution in [3.8, 4) is 0 Å². The number of anilines is 2. The van der Waals surface area contributed by atoms with Crippen LogP contribution < -0.4 is 10.8 Å². The number of aromatic nitrogens is 2. The van der Waals surface area contributed by atoms with Gasteiger partial charge in [0.05, 0.1) is 5.76 Å². The fraction of sp³-hybridized carbons (Fsp3) is 0.250. The van der Waals surface area contributed by atoms with Crippen molar-refractivity contribution in [1.29, 1.82) is 0 Å². The minimum atomic E-state index is -4.60. The molecule has 2 aromatic rings. The lowest BCUT2D eigenvalue weighted by molar-refractivity contribution is -0.141. The SMILES string of the molecule is C=C1OB(c2cc(N=O)cc(Nc3nccc(C(F)(F)F)n3)c2)OC1(C)C. The van der Waals surface area contributed by atoms with Crippen LogP contribution in [0.4, 0.5) is 30.5 Å². The first-order chi connectivity index (χ1) is 12.6. The minimum Gasteiger partial charge on any atom is -0.534 e. The summed E-state index contributed by atoms with van der Waals surface area (Å²) in [4.78, 5) is 18.2. The van der Waals surface area contributed by atoms with E-state index in [9.17, 15) is 18.1 Å². The Balaban J connectivity index is 1.91. The van der Waals surface area contributed by atoms with E-state index in [-0.39, 0.29) is 17.3 Å². The molecule has 1 aliphatic rings. The fourth-order valence-corrected chi connectivity index (χ4v) is 2.37. The van der Waals surface area contributed by atoms with E-state index in [2.05, 4.69) is 27.0 Å². The van der Waals surface area contributed by atoms with Crippen LogP contribution in [0.1, 0.15) is 19.5 Å². The highest BCUT2D eigenvalue weighted by Crippen LogP contribution is 2.31. The van der Waals surface area contributed by atoms with Crippen LogP contribution in [-0.4, -0.2) is 22.7 Å². The first kappa shape index (κ1) is 18.8. The molecule has 1 N–H and O–H groups in total. The van der Waals surface area contributed by atoms with Gasteiger partial charge in [-0.25, -0.2) is 9.97 Å². The highest BCUT2D eigenvalue weighted by molar-refractivity contribution is 6.62. The van der Waals surface area contributed by atoms with Gasteiger partial charge in [0.1, 0.15) is 17.0 Å². The first-order valence-electron chi connectivity index (χ1n) is 7.78. The first-order valence-corrected chi connectivity index (χ1v) is 7.78. The largest absolute Gasteiger partial charge is 0.563 e. The van der Waals surface area contributed by atoms with Gasteiger partial charge in [0.15, 0.2) is 0 Å². The summed E-state index contributed by atoms with van der Waals surface area (Å²) in [5, 5.41) is 5.51. The molecule has 11 heteroatoms. The van der Waals surface area contributed by atoms with Crippen molar-refractivity contribution in [3.05, 3.63) is 53.4 Å². The van der Waals surface area contributed by atoms with Gasteiger partial charge in [0.2, 0.25) is 5.95 Å². The Morgan fingerprint density at radius 2 is 2.04 bits per heavy atom. The van der Waals surface area contributed by atoms with Crippen LogP contribution in [0.5, 0.6) is 0 Å². The van der Waals surface area contributed by atoms with Crippen molar-refractivity contribution in [2.75, 3.05) is 5.32 Å². The third-order valence-electron chi connectivity index (χ3n) is 3.84. The van der Waals surface area contributed by atoms with Crippen LogP contribution >= 0.6 is 0 Å². The summed E-state index contributed by atoms with van der Waals surface area (Å²) >= 11 is 0. The second-order valence-corrected chi connectivity index (χ2v) is 6.29. The maximum absolute atomic E-state index is 12.8. The lowest BCUT2D eigenvalue weighted by Crippen LogP contribution is -2.34. The topological polar surface area (TPSA) is 85.7 Å². The number of rotatable bonds is 4. The fourth-order valence-electron chi connectivity index (χ4n) is 2.37. The van der Waals surface area contributed by atoms with E-state index >= 15 is 0 Å². The standard InChI is InChI=1S/C16H14BF3N4O3/c1-9-15(2,3)27-17(26-9)10-6-11(8-12(7-10)24-25)22-14-21-5-4-13(23-14)16(18,19)20/h4-8H,1H2,2-3H3,(H,21,22,23). The van der Waals surface area contributed by atoms with Gasteiger partial charge in [0.25, 0.3) is 0 Å². The predicted molar refractivity (Wildman–Crippen MR) is 93.0 cm³/mol. The Labute approximate surface area is 152 Å². The van der Waals surface area contributed by atoms with Gasteiger partial charge >= 0.3 is 13.3 Å². The molecule has 1 saturated heterocycles. The number of alkyl halides is 3. The summed E-state index contributed by atoms with van der Waals surface area (Å²) in [5.41, 5.74) is -1.10. The van der Waals surface area contributed by atoms with Crippen LogP contribution in [0.25, 0.3) is 0 Å². The van der Waals surface area contributed by atoms with Crippen LogP contribution in [-0.2, 0) is 15.5 Å². The summed E-state index contributed by atoms with van der Waals surface area (Å²) in [6.45, 7) is 7.31. The van der Waals surface area contributed by atoms with E-state index in [1.165, 1.54) is 18.2 Å². The molecular formula is C16H14BF3N4O3. The van der Waals surface area contributed by atoms with E-state index < -0.39 is 24.6 Å². The summed E-state index contributed by atoms with van der Waals surface area (Å²) in [6, 6.07) is 5.09. The summed E-state index contributed by atoms with van der Waals surface area (Å²) in [6.07, 6.45) is -3.62. The molecule has 1 aliphatic heterocycles. The van der Waals surface area contributed by atoms with Crippen LogP contribution in [0.3, 0.4) is 0 Å². The van der Waals surface area contributed by atoms with E-state index in [0.29, 0.717) is 11.2 Å². The lowest BCUT2D eigenvalue weighted by Gasteiger charge is -2.15.